The summed E-state index contributed by atoms with van der Waals surface area (Å²) >= 11 is 0. The van der Waals surface area contributed by atoms with Crippen LogP contribution in [0.4, 0.5) is 0 Å². The zero-order valence-corrected chi connectivity index (χ0v) is 9.85. The van der Waals surface area contributed by atoms with Gasteiger partial charge in [0.05, 0.1) is 12.6 Å². The average molecular weight is 238 g/mol. The van der Waals surface area contributed by atoms with Gasteiger partial charge in [0.1, 0.15) is 12.4 Å². The number of nitrogens with one attached hydrogen (secondary N) is 1. The zero-order chi connectivity index (χ0) is 12.7. The van der Waals surface area contributed by atoms with E-state index in [-0.39, 0.29) is 24.3 Å². The number of nitrogens with two attached hydrogens (primary N) is 1. The van der Waals surface area contributed by atoms with Gasteiger partial charge in [0, 0.05) is 6.54 Å². The van der Waals surface area contributed by atoms with Crippen LogP contribution >= 0.6 is 0 Å². The summed E-state index contributed by atoms with van der Waals surface area (Å²) < 4.78 is 5.02. The van der Waals surface area contributed by atoms with Crippen molar-refractivity contribution in [1.29, 1.82) is 0 Å². The molecule has 1 aromatic rings. The fraction of sp³-hybridized carbons (Fsp3) is 0.417. The zero-order valence-electron chi connectivity index (χ0n) is 9.85. The van der Waals surface area contributed by atoms with Crippen LogP contribution in [0, 0.1) is 0 Å². The molecule has 0 radical (unpaired) electrons. The highest BCUT2D eigenvalue weighted by Gasteiger charge is 2.09. The number of carbonyl (C=O) groups excluding carboxylic acids is 1. The molecule has 5 heteroatoms. The highest BCUT2D eigenvalue weighted by atomic mass is 16.5. The van der Waals surface area contributed by atoms with Gasteiger partial charge in [-0.25, -0.2) is 0 Å². The van der Waals surface area contributed by atoms with E-state index in [9.17, 15) is 9.90 Å². The van der Waals surface area contributed by atoms with Gasteiger partial charge in [-0.1, -0.05) is 12.1 Å². The fourth-order valence-corrected chi connectivity index (χ4v) is 1.41. The topological polar surface area (TPSA) is 84.6 Å². The second-order valence-corrected chi connectivity index (χ2v) is 3.73. The van der Waals surface area contributed by atoms with Crippen LogP contribution < -0.4 is 11.1 Å². The van der Waals surface area contributed by atoms with Gasteiger partial charge in [0.15, 0.2) is 0 Å². The molecule has 94 valence electrons. The lowest BCUT2D eigenvalue weighted by molar-refractivity contribution is -0.126. The minimum absolute atomic E-state index is 0.000353. The molecule has 1 unspecified atom stereocenters. The Labute approximate surface area is 101 Å². The summed E-state index contributed by atoms with van der Waals surface area (Å²) in [6.07, 6.45) is 0. The number of hydrogen-bond acceptors (Lipinski definition) is 4. The highest BCUT2D eigenvalue weighted by Crippen LogP contribution is 2.17. The Bertz CT molecular complexity index is 369. The minimum Gasteiger partial charge on any atom is -0.508 e. The first-order chi connectivity index (χ1) is 8.13. The van der Waals surface area contributed by atoms with Gasteiger partial charge >= 0.3 is 0 Å². The van der Waals surface area contributed by atoms with E-state index >= 15 is 0 Å². The Morgan fingerprint density at radius 3 is 3.00 bits per heavy atom. The van der Waals surface area contributed by atoms with Crippen molar-refractivity contribution < 1.29 is 14.6 Å². The third-order valence-corrected chi connectivity index (χ3v) is 2.24. The molecule has 0 aliphatic heterocycles. The molecule has 0 fully saturated rings. The molecule has 1 atom stereocenters. The van der Waals surface area contributed by atoms with Crippen molar-refractivity contribution in [3.05, 3.63) is 29.8 Å². The number of aromatic hydroxyl groups is 1. The van der Waals surface area contributed by atoms with E-state index in [0.717, 1.165) is 5.56 Å². The minimum atomic E-state index is -0.200. The Morgan fingerprint density at radius 2 is 2.35 bits per heavy atom. The largest absolute Gasteiger partial charge is 0.508 e. The van der Waals surface area contributed by atoms with Crippen molar-refractivity contribution in [2.75, 3.05) is 19.8 Å². The average Bonchev–Trinajstić information content (AvgIpc) is 2.29. The Hall–Kier alpha value is -1.59. The van der Waals surface area contributed by atoms with Gasteiger partial charge in [-0.3, -0.25) is 4.79 Å². The van der Waals surface area contributed by atoms with Crippen LogP contribution in [0.2, 0.25) is 0 Å². The smallest absolute Gasteiger partial charge is 0.246 e. The van der Waals surface area contributed by atoms with Gasteiger partial charge < -0.3 is 20.9 Å². The summed E-state index contributed by atoms with van der Waals surface area (Å²) in [6, 6.07) is 6.61. The van der Waals surface area contributed by atoms with Crippen LogP contribution in [0.15, 0.2) is 24.3 Å². The van der Waals surface area contributed by atoms with Crippen molar-refractivity contribution in [2.24, 2.45) is 5.73 Å². The Kier molecular flexibility index (Phi) is 5.45. The molecule has 0 aromatic heterocycles. The molecule has 0 spiro atoms. The Balaban J connectivity index is 2.43. The maximum atomic E-state index is 11.4. The molecule has 0 saturated heterocycles. The third-order valence-electron chi connectivity index (χ3n) is 2.24. The third kappa shape index (κ3) is 4.84. The summed E-state index contributed by atoms with van der Waals surface area (Å²) in [4.78, 5) is 11.4. The van der Waals surface area contributed by atoms with E-state index in [2.05, 4.69) is 5.32 Å². The van der Waals surface area contributed by atoms with Crippen LogP contribution in [0.25, 0.3) is 0 Å². The fourth-order valence-electron chi connectivity index (χ4n) is 1.41. The standard InChI is InChI=1S/C12H18N2O3/c1-9(10-3-2-4-11(15)7-10)14-12(16)8-17-6-5-13/h2-4,7,9,15H,5-6,8,13H2,1H3,(H,14,16). The van der Waals surface area contributed by atoms with Crippen LogP contribution in [0.1, 0.15) is 18.5 Å². The van der Waals surface area contributed by atoms with Crippen molar-refractivity contribution in [3.8, 4) is 5.75 Å². The van der Waals surface area contributed by atoms with E-state index in [0.29, 0.717) is 13.2 Å². The highest BCUT2D eigenvalue weighted by molar-refractivity contribution is 5.77. The molecule has 0 bridgehead atoms. The molecular formula is C12H18N2O3. The van der Waals surface area contributed by atoms with Crippen LogP contribution in [0.5, 0.6) is 5.75 Å². The van der Waals surface area contributed by atoms with Gasteiger partial charge in [0.2, 0.25) is 5.91 Å². The maximum absolute atomic E-state index is 11.4. The molecule has 0 saturated carbocycles. The lowest BCUT2D eigenvalue weighted by Crippen LogP contribution is -2.30. The molecule has 1 aromatic carbocycles. The van der Waals surface area contributed by atoms with E-state index in [1.54, 1.807) is 18.2 Å². The van der Waals surface area contributed by atoms with Gasteiger partial charge in [0.25, 0.3) is 0 Å². The lowest BCUT2D eigenvalue weighted by atomic mass is 10.1. The molecule has 1 rings (SSSR count). The number of carbonyl (C=O) groups is 1. The monoisotopic (exact) mass is 238 g/mol. The molecule has 4 N–H and O–H groups in total. The summed E-state index contributed by atoms with van der Waals surface area (Å²) in [5, 5.41) is 12.1. The number of amides is 1. The quantitative estimate of drug-likeness (QED) is 0.632. The number of phenols is 1. The second-order valence-electron chi connectivity index (χ2n) is 3.73. The van der Waals surface area contributed by atoms with Gasteiger partial charge in [-0.05, 0) is 24.6 Å². The molecular weight excluding hydrogens is 220 g/mol. The van der Waals surface area contributed by atoms with E-state index in [4.69, 9.17) is 10.5 Å². The van der Waals surface area contributed by atoms with Crippen molar-refractivity contribution in [2.45, 2.75) is 13.0 Å². The molecule has 0 aliphatic rings. The van der Waals surface area contributed by atoms with E-state index in [1.165, 1.54) is 0 Å². The first kappa shape index (κ1) is 13.5. The predicted molar refractivity (Wildman–Crippen MR) is 64.5 cm³/mol. The SMILES string of the molecule is CC(NC(=O)COCCN)c1cccc(O)c1. The molecule has 0 aliphatic carbocycles. The van der Waals surface area contributed by atoms with Crippen molar-refractivity contribution >= 4 is 5.91 Å². The van der Waals surface area contributed by atoms with Crippen LogP contribution in [-0.4, -0.2) is 30.8 Å². The number of hydrogen-bond donors (Lipinski definition) is 3. The molecule has 0 heterocycles. The molecule has 17 heavy (non-hydrogen) atoms. The number of rotatable bonds is 6. The van der Waals surface area contributed by atoms with Gasteiger partial charge in [-0.15, -0.1) is 0 Å². The molecule has 5 nitrogen and oxygen atoms in total. The van der Waals surface area contributed by atoms with Gasteiger partial charge in [-0.2, -0.15) is 0 Å². The van der Waals surface area contributed by atoms with Crippen LogP contribution in [-0.2, 0) is 9.53 Å². The maximum Gasteiger partial charge on any atom is 0.246 e. The first-order valence-corrected chi connectivity index (χ1v) is 5.49. The number of phenolic OH excluding ortho intramolecular Hbond substituents is 1. The van der Waals surface area contributed by atoms with E-state index < -0.39 is 0 Å². The van der Waals surface area contributed by atoms with Crippen molar-refractivity contribution in [3.63, 3.8) is 0 Å². The molecule has 1 amide bonds. The predicted octanol–water partition coefficient (Wildman–Crippen LogP) is 0.545. The summed E-state index contributed by atoms with van der Waals surface area (Å²) in [6.45, 7) is 2.61. The summed E-state index contributed by atoms with van der Waals surface area (Å²) in [7, 11) is 0. The lowest BCUT2D eigenvalue weighted by Gasteiger charge is -2.14. The number of ether oxygens (including phenoxy) is 1. The van der Waals surface area contributed by atoms with E-state index in [1.807, 2.05) is 13.0 Å². The summed E-state index contributed by atoms with van der Waals surface area (Å²) in [5.41, 5.74) is 6.08. The normalized spacial score (nSPS) is 12.1. The van der Waals surface area contributed by atoms with Crippen LogP contribution in [0.3, 0.4) is 0 Å². The Morgan fingerprint density at radius 1 is 1.59 bits per heavy atom. The second kappa shape index (κ2) is 6.88. The summed E-state index contributed by atoms with van der Waals surface area (Å²) in [5.74, 6) is -0.0164. The number of benzene rings is 1. The first-order valence-electron chi connectivity index (χ1n) is 5.49. The van der Waals surface area contributed by atoms with Crippen molar-refractivity contribution in [1.82, 2.24) is 5.32 Å².